The minimum Gasteiger partial charge on any atom is -0.454 e. The fraction of sp³-hybridized carbons (Fsp3) is 0.286. The Morgan fingerprint density at radius 2 is 2.13 bits per heavy atom. The molecule has 2 aliphatic heterocycles. The van der Waals surface area contributed by atoms with E-state index in [1.807, 2.05) is 34.2 Å². The van der Waals surface area contributed by atoms with Crippen molar-refractivity contribution in [2.75, 3.05) is 30.2 Å². The summed E-state index contributed by atoms with van der Waals surface area (Å²) in [6, 6.07) is 7.73. The number of anilines is 3. The van der Waals surface area contributed by atoms with Crippen molar-refractivity contribution in [2.45, 2.75) is 18.9 Å². The van der Waals surface area contributed by atoms with E-state index in [0.29, 0.717) is 23.0 Å². The Morgan fingerprint density at radius 3 is 3.00 bits per heavy atom. The molecule has 0 radical (unpaired) electrons. The van der Waals surface area contributed by atoms with Crippen LogP contribution < -0.4 is 19.7 Å². The molecular formula is C21H20N6O3S. The Morgan fingerprint density at radius 1 is 1.19 bits per heavy atom. The average molecular weight is 436 g/mol. The van der Waals surface area contributed by atoms with Crippen molar-refractivity contribution < 1.29 is 14.6 Å². The molecule has 1 fully saturated rings. The summed E-state index contributed by atoms with van der Waals surface area (Å²) in [6.45, 7) is 1.12. The highest BCUT2D eigenvalue weighted by Gasteiger charge is 2.28. The van der Waals surface area contributed by atoms with E-state index in [1.165, 1.54) is 0 Å². The number of aliphatic hydroxyl groups excluding tert-OH is 1. The number of aliphatic hydroxyl groups is 1. The summed E-state index contributed by atoms with van der Waals surface area (Å²) < 4.78 is 12.9. The maximum Gasteiger partial charge on any atom is 0.231 e. The lowest BCUT2D eigenvalue weighted by Crippen LogP contribution is -2.33. The van der Waals surface area contributed by atoms with E-state index in [9.17, 15) is 5.11 Å². The van der Waals surface area contributed by atoms with Crippen LogP contribution in [0.1, 0.15) is 12.8 Å². The fourth-order valence-electron chi connectivity index (χ4n) is 4.09. The highest BCUT2D eigenvalue weighted by molar-refractivity contribution is 7.08. The molecular weight excluding hydrogens is 416 g/mol. The normalized spacial score (nSPS) is 17.6. The van der Waals surface area contributed by atoms with Crippen molar-refractivity contribution >= 4 is 40.0 Å². The van der Waals surface area contributed by atoms with Crippen molar-refractivity contribution in [1.29, 1.82) is 0 Å². The third-order valence-electron chi connectivity index (χ3n) is 5.65. The Kier molecular flexibility index (Phi) is 4.39. The van der Waals surface area contributed by atoms with Crippen LogP contribution in [0.3, 0.4) is 0 Å². The molecule has 4 aromatic rings. The van der Waals surface area contributed by atoms with E-state index in [0.717, 1.165) is 42.2 Å². The minimum absolute atomic E-state index is 0.0216. The summed E-state index contributed by atoms with van der Waals surface area (Å²) in [7, 11) is 0. The van der Waals surface area contributed by atoms with E-state index in [2.05, 4.69) is 20.6 Å². The number of ether oxygens (including phenoxy) is 2. The van der Waals surface area contributed by atoms with Crippen molar-refractivity contribution in [2.24, 2.45) is 0 Å². The van der Waals surface area contributed by atoms with Gasteiger partial charge in [-0.05, 0) is 36.4 Å². The molecule has 10 heteroatoms. The van der Waals surface area contributed by atoms with Crippen LogP contribution in [0.25, 0.3) is 16.9 Å². The molecule has 1 aromatic carbocycles. The molecule has 9 nitrogen and oxygen atoms in total. The van der Waals surface area contributed by atoms with Crippen LogP contribution in [0.2, 0.25) is 0 Å². The van der Waals surface area contributed by atoms with E-state index in [4.69, 9.17) is 19.4 Å². The van der Waals surface area contributed by atoms with Crippen LogP contribution >= 0.6 is 11.3 Å². The average Bonchev–Trinajstić information content (AvgIpc) is 3.59. The van der Waals surface area contributed by atoms with Gasteiger partial charge in [0.25, 0.3) is 0 Å². The first-order valence-corrected chi connectivity index (χ1v) is 11.1. The zero-order valence-corrected chi connectivity index (χ0v) is 17.4. The number of imidazole rings is 1. The molecule has 0 saturated carbocycles. The van der Waals surface area contributed by atoms with Gasteiger partial charge in [-0.2, -0.15) is 21.3 Å². The number of hydrogen-bond donors (Lipinski definition) is 2. The lowest BCUT2D eigenvalue weighted by Gasteiger charge is -2.23. The predicted octanol–water partition coefficient (Wildman–Crippen LogP) is 3.31. The standard InChI is InChI=1S/C21H20N6O3S/c28-9-14-2-1-6-26(14)21-24-19(23-13-3-4-16-17(8-13)30-12-29-16)18-20(25-21)27(11-22-18)15-5-7-31-10-15/h3-5,7-8,10-11,14,28H,1-2,6,9,12H2,(H,23,24,25). The van der Waals surface area contributed by atoms with Gasteiger partial charge in [0, 0.05) is 23.7 Å². The molecule has 0 aliphatic carbocycles. The van der Waals surface area contributed by atoms with Crippen LogP contribution in [-0.2, 0) is 0 Å². The Bertz CT molecular complexity index is 1240. The van der Waals surface area contributed by atoms with E-state index < -0.39 is 0 Å². The van der Waals surface area contributed by atoms with E-state index in [-0.39, 0.29) is 19.4 Å². The largest absolute Gasteiger partial charge is 0.454 e. The summed E-state index contributed by atoms with van der Waals surface area (Å²) >= 11 is 1.62. The molecule has 1 saturated heterocycles. The monoisotopic (exact) mass is 436 g/mol. The van der Waals surface area contributed by atoms with Crippen LogP contribution in [0.4, 0.5) is 17.5 Å². The summed E-state index contributed by atoms with van der Waals surface area (Å²) in [5.41, 5.74) is 3.22. The zero-order chi connectivity index (χ0) is 20.8. The lowest BCUT2D eigenvalue weighted by atomic mass is 10.2. The van der Waals surface area contributed by atoms with Gasteiger partial charge in [0.1, 0.15) is 6.33 Å². The number of nitrogens with one attached hydrogen (secondary N) is 1. The molecule has 3 aromatic heterocycles. The summed E-state index contributed by atoms with van der Waals surface area (Å²) in [4.78, 5) is 16.4. The second-order valence-electron chi connectivity index (χ2n) is 7.51. The van der Waals surface area contributed by atoms with Gasteiger partial charge in [-0.3, -0.25) is 4.57 Å². The number of thiophene rings is 1. The lowest BCUT2D eigenvalue weighted by molar-refractivity contribution is 0.174. The van der Waals surface area contributed by atoms with Gasteiger partial charge < -0.3 is 24.8 Å². The Balaban J connectivity index is 1.47. The molecule has 1 atom stereocenters. The van der Waals surface area contributed by atoms with Crippen molar-refractivity contribution in [3.8, 4) is 17.2 Å². The quantitative estimate of drug-likeness (QED) is 0.492. The number of aromatic nitrogens is 4. The van der Waals surface area contributed by atoms with Gasteiger partial charge in [0.15, 0.2) is 28.5 Å². The van der Waals surface area contributed by atoms with Crippen LogP contribution in [0.5, 0.6) is 11.5 Å². The molecule has 0 amide bonds. The second kappa shape index (κ2) is 7.40. The predicted molar refractivity (Wildman–Crippen MR) is 118 cm³/mol. The maximum absolute atomic E-state index is 9.82. The van der Waals surface area contributed by atoms with Crippen LogP contribution in [-0.4, -0.2) is 50.6 Å². The Labute approximate surface area is 181 Å². The van der Waals surface area contributed by atoms with Gasteiger partial charge >= 0.3 is 0 Å². The second-order valence-corrected chi connectivity index (χ2v) is 8.29. The molecule has 2 aliphatic rings. The van der Waals surface area contributed by atoms with Crippen molar-refractivity contribution in [1.82, 2.24) is 19.5 Å². The third kappa shape index (κ3) is 3.15. The summed E-state index contributed by atoms with van der Waals surface area (Å²) in [6.07, 6.45) is 3.69. The Hall–Kier alpha value is -3.37. The van der Waals surface area contributed by atoms with Gasteiger partial charge in [0.2, 0.25) is 12.7 Å². The van der Waals surface area contributed by atoms with Gasteiger partial charge in [-0.15, -0.1) is 0 Å². The minimum atomic E-state index is 0.0216. The number of hydrogen-bond acceptors (Lipinski definition) is 9. The summed E-state index contributed by atoms with van der Waals surface area (Å²) in [5.74, 6) is 2.61. The molecule has 0 bridgehead atoms. The SMILES string of the molecule is OCC1CCCN1c1nc(Nc2ccc3c(c2)OCO3)c2ncn(-c3ccsc3)c2n1. The third-order valence-corrected chi connectivity index (χ3v) is 6.32. The van der Waals surface area contributed by atoms with Crippen LogP contribution in [0.15, 0.2) is 41.4 Å². The van der Waals surface area contributed by atoms with Crippen LogP contribution in [0, 0.1) is 0 Å². The number of fused-ring (bicyclic) bond motifs is 2. The highest BCUT2D eigenvalue weighted by Crippen LogP contribution is 2.36. The zero-order valence-electron chi connectivity index (χ0n) is 16.6. The molecule has 5 heterocycles. The molecule has 31 heavy (non-hydrogen) atoms. The molecule has 2 N–H and O–H groups in total. The first-order chi connectivity index (χ1) is 15.3. The van der Waals surface area contributed by atoms with Gasteiger partial charge in [0.05, 0.1) is 18.3 Å². The van der Waals surface area contributed by atoms with Crippen molar-refractivity contribution in [3.05, 3.63) is 41.4 Å². The summed E-state index contributed by atoms with van der Waals surface area (Å²) in [5, 5.41) is 17.3. The van der Waals surface area contributed by atoms with Gasteiger partial charge in [-0.1, -0.05) is 0 Å². The first-order valence-electron chi connectivity index (χ1n) is 10.1. The smallest absolute Gasteiger partial charge is 0.231 e. The number of nitrogens with zero attached hydrogens (tertiary/aromatic N) is 5. The number of benzene rings is 1. The molecule has 0 spiro atoms. The van der Waals surface area contributed by atoms with Gasteiger partial charge in [-0.25, -0.2) is 4.98 Å². The topological polar surface area (TPSA) is 97.6 Å². The highest BCUT2D eigenvalue weighted by atomic mass is 32.1. The number of rotatable bonds is 5. The first kappa shape index (κ1) is 18.4. The fourth-order valence-corrected chi connectivity index (χ4v) is 4.72. The van der Waals surface area contributed by atoms with E-state index in [1.54, 1.807) is 17.7 Å². The van der Waals surface area contributed by atoms with E-state index >= 15 is 0 Å². The van der Waals surface area contributed by atoms with Crippen molar-refractivity contribution in [3.63, 3.8) is 0 Å². The maximum atomic E-state index is 9.82. The molecule has 158 valence electrons. The molecule has 1 unspecified atom stereocenters. The molecule has 6 rings (SSSR count).